The highest BCUT2D eigenvalue weighted by Crippen LogP contribution is 2.55. The maximum atomic E-state index is 13.0. The van der Waals surface area contributed by atoms with Gasteiger partial charge in [0.15, 0.2) is 0 Å². The van der Waals surface area contributed by atoms with E-state index in [1.165, 1.54) is 6.07 Å². The molecule has 0 aromatic carbocycles. The van der Waals surface area contributed by atoms with E-state index in [9.17, 15) is 23.1 Å². The minimum atomic E-state index is -4.39. The molecule has 0 radical (unpaired) electrons. The third-order valence-electron chi connectivity index (χ3n) is 8.19. The average molecular weight is 453 g/mol. The predicted octanol–water partition coefficient (Wildman–Crippen LogP) is 2.67. The molecule has 5 fully saturated rings. The van der Waals surface area contributed by atoms with Crippen LogP contribution in [0.4, 0.5) is 19.0 Å². The van der Waals surface area contributed by atoms with Crippen LogP contribution in [-0.2, 0) is 11.0 Å². The molecule has 1 amide bonds. The van der Waals surface area contributed by atoms with Gasteiger partial charge in [-0.1, -0.05) is 0 Å². The van der Waals surface area contributed by atoms with Crippen LogP contribution in [0.25, 0.3) is 0 Å². The lowest BCUT2D eigenvalue weighted by molar-refractivity contribution is -0.148. The number of rotatable bonds is 4. The maximum Gasteiger partial charge on any atom is 0.417 e. The van der Waals surface area contributed by atoms with Crippen LogP contribution in [0.2, 0.25) is 0 Å². The Balaban J connectivity index is 1.14. The molecule has 6 rings (SSSR count). The quantitative estimate of drug-likeness (QED) is 0.735. The van der Waals surface area contributed by atoms with Crippen molar-refractivity contribution in [3.05, 3.63) is 23.9 Å². The largest absolute Gasteiger partial charge is 0.417 e. The van der Waals surface area contributed by atoms with Gasteiger partial charge in [-0.15, -0.1) is 0 Å². The van der Waals surface area contributed by atoms with Gasteiger partial charge in [-0.25, -0.2) is 4.98 Å². The average Bonchev–Trinajstić information content (AvgIpc) is 2.74. The topological polar surface area (TPSA) is 68.7 Å². The first-order chi connectivity index (χ1) is 15.1. The zero-order chi connectivity index (χ0) is 22.7. The maximum absolute atomic E-state index is 13.0. The van der Waals surface area contributed by atoms with Gasteiger partial charge in [0.05, 0.1) is 17.2 Å². The molecule has 4 saturated carbocycles. The normalized spacial score (nSPS) is 35.7. The number of amides is 1. The van der Waals surface area contributed by atoms with Crippen molar-refractivity contribution in [3.63, 3.8) is 0 Å². The first kappa shape index (κ1) is 21.9. The number of nitrogens with zero attached hydrogens (tertiary/aromatic N) is 3. The smallest absolute Gasteiger partial charge is 0.390 e. The molecule has 1 aliphatic heterocycles. The molecule has 2 N–H and O–H groups in total. The van der Waals surface area contributed by atoms with E-state index in [1.54, 1.807) is 0 Å². The van der Waals surface area contributed by atoms with Gasteiger partial charge in [0.25, 0.3) is 0 Å². The van der Waals surface area contributed by atoms with Crippen molar-refractivity contribution in [3.8, 4) is 0 Å². The van der Waals surface area contributed by atoms with E-state index in [1.807, 2.05) is 11.8 Å². The number of piperazine rings is 1. The summed E-state index contributed by atoms with van der Waals surface area (Å²) in [6.45, 7) is 4.44. The van der Waals surface area contributed by atoms with E-state index in [4.69, 9.17) is 0 Å². The fraction of sp³-hybridized carbons (Fsp3) is 0.739. The highest BCUT2D eigenvalue weighted by atomic mass is 19.4. The van der Waals surface area contributed by atoms with Crippen LogP contribution in [-0.4, -0.2) is 64.8 Å². The number of carbonyl (C=O) groups excluding carboxylic acids is 1. The van der Waals surface area contributed by atoms with Gasteiger partial charge >= 0.3 is 6.18 Å². The minimum Gasteiger partial charge on any atom is -0.390 e. The number of hydrogen-bond acceptors (Lipinski definition) is 5. The summed E-state index contributed by atoms with van der Waals surface area (Å²) in [5.74, 6) is 1.93. The Morgan fingerprint density at radius 1 is 1.16 bits per heavy atom. The van der Waals surface area contributed by atoms with Gasteiger partial charge in [-0.3, -0.25) is 9.69 Å². The van der Waals surface area contributed by atoms with Crippen molar-refractivity contribution in [1.29, 1.82) is 0 Å². The van der Waals surface area contributed by atoms with Crippen LogP contribution < -0.4 is 10.2 Å². The number of pyridine rings is 1. The number of alkyl halides is 3. The Kier molecular flexibility index (Phi) is 5.40. The van der Waals surface area contributed by atoms with Crippen LogP contribution in [0.3, 0.4) is 0 Å². The Morgan fingerprint density at radius 3 is 2.34 bits per heavy atom. The van der Waals surface area contributed by atoms with E-state index in [0.717, 1.165) is 44.4 Å². The summed E-state index contributed by atoms with van der Waals surface area (Å²) in [7, 11) is 0. The van der Waals surface area contributed by atoms with Gasteiger partial charge in [-0.2, -0.15) is 13.2 Å². The second kappa shape index (κ2) is 7.87. The zero-order valence-corrected chi connectivity index (χ0v) is 18.3. The lowest BCUT2D eigenvalue weighted by atomic mass is 9.52. The summed E-state index contributed by atoms with van der Waals surface area (Å²) >= 11 is 0. The Bertz CT molecular complexity index is 838. The number of aliphatic hydroxyl groups is 1. The first-order valence-corrected chi connectivity index (χ1v) is 11.7. The fourth-order valence-electron chi connectivity index (χ4n) is 6.75. The summed E-state index contributed by atoms with van der Waals surface area (Å²) in [4.78, 5) is 21.1. The highest BCUT2D eigenvalue weighted by molar-refractivity contribution is 5.81. The molecule has 1 saturated heterocycles. The van der Waals surface area contributed by atoms with Gasteiger partial charge < -0.3 is 15.3 Å². The van der Waals surface area contributed by atoms with Crippen molar-refractivity contribution in [2.75, 3.05) is 31.1 Å². The Hall–Kier alpha value is -1.87. The van der Waals surface area contributed by atoms with Gasteiger partial charge in [0, 0.05) is 38.4 Å². The minimum absolute atomic E-state index is 0.0376. The van der Waals surface area contributed by atoms with Crippen LogP contribution in [0.1, 0.15) is 44.6 Å². The van der Waals surface area contributed by atoms with E-state index >= 15 is 0 Å². The highest BCUT2D eigenvalue weighted by Gasteiger charge is 2.55. The third-order valence-corrected chi connectivity index (χ3v) is 8.19. The molecule has 4 aliphatic carbocycles. The zero-order valence-electron chi connectivity index (χ0n) is 18.3. The van der Waals surface area contributed by atoms with Crippen LogP contribution >= 0.6 is 0 Å². The van der Waals surface area contributed by atoms with Gasteiger partial charge in [0.2, 0.25) is 5.91 Å². The fourth-order valence-corrected chi connectivity index (χ4v) is 6.75. The van der Waals surface area contributed by atoms with Gasteiger partial charge in [0.1, 0.15) is 5.82 Å². The Morgan fingerprint density at radius 2 is 1.81 bits per heavy atom. The number of hydrogen-bond donors (Lipinski definition) is 2. The molecule has 4 bridgehead atoms. The van der Waals surface area contributed by atoms with Crippen molar-refractivity contribution in [2.24, 2.45) is 17.8 Å². The second-order valence-corrected chi connectivity index (χ2v) is 10.3. The summed E-state index contributed by atoms with van der Waals surface area (Å²) in [6, 6.07) is 2.37. The van der Waals surface area contributed by atoms with Crippen molar-refractivity contribution in [1.82, 2.24) is 15.2 Å². The number of halogens is 3. The van der Waals surface area contributed by atoms with Crippen LogP contribution in [0.5, 0.6) is 0 Å². The molecule has 9 heteroatoms. The molecule has 6 nitrogen and oxygen atoms in total. The molecule has 1 aromatic heterocycles. The molecular weight excluding hydrogens is 421 g/mol. The SMILES string of the molecule is C[C@H](C(=O)NC1C2CC3CC1CC(O)(C3)C2)N1CCN(c2ccc(C(F)(F)F)cn2)CC1. The number of carbonyl (C=O) groups is 1. The third kappa shape index (κ3) is 4.09. The van der Waals surface area contributed by atoms with Crippen LogP contribution in [0.15, 0.2) is 18.3 Å². The molecule has 32 heavy (non-hydrogen) atoms. The number of anilines is 1. The van der Waals surface area contributed by atoms with Crippen LogP contribution in [0, 0.1) is 17.8 Å². The Labute approximate surface area is 186 Å². The molecule has 1 aromatic rings. The van der Waals surface area contributed by atoms with E-state index in [0.29, 0.717) is 49.8 Å². The monoisotopic (exact) mass is 452 g/mol. The van der Waals surface area contributed by atoms with Gasteiger partial charge in [-0.05, 0) is 68.9 Å². The number of aromatic nitrogens is 1. The summed E-state index contributed by atoms with van der Waals surface area (Å²) < 4.78 is 38.2. The molecular formula is C23H31F3N4O2. The predicted molar refractivity (Wildman–Crippen MR) is 113 cm³/mol. The summed E-state index contributed by atoms with van der Waals surface area (Å²) in [5.41, 5.74) is -1.26. The van der Waals surface area contributed by atoms with Crippen molar-refractivity contribution < 1.29 is 23.1 Å². The lowest BCUT2D eigenvalue weighted by Gasteiger charge is -2.58. The molecule has 2 unspecified atom stereocenters. The summed E-state index contributed by atoms with van der Waals surface area (Å²) in [5, 5.41) is 14.1. The van der Waals surface area contributed by atoms with E-state index < -0.39 is 17.3 Å². The second-order valence-electron chi connectivity index (χ2n) is 10.3. The molecule has 176 valence electrons. The first-order valence-electron chi connectivity index (χ1n) is 11.7. The number of nitrogens with one attached hydrogen (secondary N) is 1. The van der Waals surface area contributed by atoms with E-state index in [2.05, 4.69) is 15.2 Å². The molecule has 3 atom stereocenters. The lowest BCUT2D eigenvalue weighted by Crippen LogP contribution is -2.63. The standard InChI is InChI=1S/C23H31F3N4O2/c1-14(21(31)28-20-16-8-15-9-17(20)12-22(32,10-15)11-16)29-4-6-30(7-5-29)19-3-2-18(13-27-19)23(24,25)26/h2-3,13-17,20,32H,4-12H2,1H3,(H,28,31)/t14-,15?,16?,17?,20?,22?/m1/s1. The van der Waals surface area contributed by atoms with Crippen molar-refractivity contribution in [2.45, 2.75) is 62.9 Å². The summed E-state index contributed by atoms with van der Waals surface area (Å²) in [6.07, 6.45) is 1.24. The molecule has 0 spiro atoms. The molecule has 2 heterocycles. The van der Waals surface area contributed by atoms with E-state index in [-0.39, 0.29) is 18.0 Å². The van der Waals surface area contributed by atoms with Crippen molar-refractivity contribution >= 4 is 11.7 Å². The molecule has 5 aliphatic rings.